The average molecular weight is 641 g/mol. The van der Waals surface area contributed by atoms with Gasteiger partial charge in [-0.2, -0.15) is 52.7 Å². The zero-order chi connectivity index (χ0) is 33.5. The highest BCUT2D eigenvalue weighted by atomic mass is 19.4. The summed E-state index contributed by atoms with van der Waals surface area (Å²) < 4.78 is 165. The maximum absolute atomic E-state index is 13.7. The standard InChI is InChI=1S/C27H28F12N2O2/c1-12(2)5-20(40)22(42)41-21(13(3)4)23(43,14-6-16(24(28,29)30)10-17(7-14)25(31,32)33)15-8-18(26(34,35)36)11-19(9-15)27(37,38)39/h6-13,20-21,43H,5,40H2,1-4H3,(H,41,42)/t20-,21-/m0/s1. The van der Waals surface area contributed by atoms with Crippen LogP contribution in [-0.2, 0) is 35.1 Å². The van der Waals surface area contributed by atoms with Crippen LogP contribution in [0.2, 0.25) is 0 Å². The van der Waals surface area contributed by atoms with Crippen molar-refractivity contribution in [3.63, 3.8) is 0 Å². The number of hydrogen-bond donors (Lipinski definition) is 3. The van der Waals surface area contributed by atoms with Crippen molar-refractivity contribution in [2.24, 2.45) is 17.6 Å². The van der Waals surface area contributed by atoms with E-state index in [1.54, 1.807) is 13.8 Å². The summed E-state index contributed by atoms with van der Waals surface area (Å²) in [5.74, 6) is -2.54. The second-order valence-corrected chi connectivity index (χ2v) is 10.8. The molecule has 0 fully saturated rings. The van der Waals surface area contributed by atoms with Crippen LogP contribution in [0.15, 0.2) is 36.4 Å². The topological polar surface area (TPSA) is 75.4 Å². The summed E-state index contributed by atoms with van der Waals surface area (Å²) in [6, 6.07) is -4.25. The summed E-state index contributed by atoms with van der Waals surface area (Å²) in [5, 5.41) is 14.2. The van der Waals surface area contributed by atoms with Crippen molar-refractivity contribution >= 4 is 5.91 Å². The van der Waals surface area contributed by atoms with Crippen LogP contribution in [0.3, 0.4) is 0 Å². The quantitative estimate of drug-likeness (QED) is 0.262. The molecule has 2 rings (SSSR count). The normalized spacial score (nSPS) is 15.2. The molecule has 0 aliphatic rings. The van der Waals surface area contributed by atoms with E-state index in [1.165, 1.54) is 13.8 Å². The lowest BCUT2D eigenvalue weighted by molar-refractivity contribution is -0.144. The molecular formula is C27H28F12N2O2. The third-order valence-electron chi connectivity index (χ3n) is 6.53. The van der Waals surface area contributed by atoms with E-state index in [1.807, 2.05) is 0 Å². The first-order chi connectivity index (χ1) is 19.2. The van der Waals surface area contributed by atoms with Crippen molar-refractivity contribution in [2.45, 2.75) is 76.5 Å². The third kappa shape index (κ3) is 8.55. The summed E-state index contributed by atoms with van der Waals surface area (Å²) in [6.45, 7) is 5.65. The van der Waals surface area contributed by atoms with Gasteiger partial charge >= 0.3 is 24.7 Å². The molecule has 1 amide bonds. The van der Waals surface area contributed by atoms with Crippen molar-refractivity contribution in [3.8, 4) is 0 Å². The lowest BCUT2D eigenvalue weighted by Crippen LogP contribution is -2.57. The number of aliphatic hydroxyl groups is 1. The lowest BCUT2D eigenvalue weighted by atomic mass is 9.74. The highest BCUT2D eigenvalue weighted by Gasteiger charge is 2.48. The predicted octanol–water partition coefficient (Wildman–Crippen LogP) is 7.51. The molecule has 43 heavy (non-hydrogen) atoms. The molecule has 4 nitrogen and oxygen atoms in total. The Morgan fingerprint density at radius 2 is 0.930 bits per heavy atom. The Balaban J connectivity index is 3.12. The van der Waals surface area contributed by atoms with Crippen LogP contribution in [0.5, 0.6) is 0 Å². The Labute approximate surface area is 238 Å². The minimum atomic E-state index is -5.50. The summed E-state index contributed by atoms with van der Waals surface area (Å²) >= 11 is 0. The van der Waals surface area contributed by atoms with E-state index in [0.717, 1.165) is 0 Å². The van der Waals surface area contributed by atoms with Crippen LogP contribution >= 0.6 is 0 Å². The van der Waals surface area contributed by atoms with Gasteiger partial charge < -0.3 is 16.2 Å². The molecule has 0 spiro atoms. The molecule has 0 radical (unpaired) electrons. The van der Waals surface area contributed by atoms with E-state index >= 15 is 0 Å². The molecule has 0 unspecified atom stereocenters. The second kappa shape index (κ2) is 12.2. The van der Waals surface area contributed by atoms with Crippen LogP contribution in [0.1, 0.15) is 67.5 Å². The van der Waals surface area contributed by atoms with Gasteiger partial charge in [0.1, 0.15) is 5.60 Å². The number of benzene rings is 2. The first kappa shape index (κ1) is 36.2. The number of rotatable bonds is 8. The Kier molecular flexibility index (Phi) is 10.2. The molecule has 16 heteroatoms. The molecule has 2 aromatic rings. The van der Waals surface area contributed by atoms with Gasteiger partial charge in [0.2, 0.25) is 5.91 Å². The lowest BCUT2D eigenvalue weighted by Gasteiger charge is -2.41. The van der Waals surface area contributed by atoms with Gasteiger partial charge in [0.25, 0.3) is 0 Å². The molecular weight excluding hydrogens is 612 g/mol. The maximum atomic E-state index is 13.7. The summed E-state index contributed by atoms with van der Waals surface area (Å²) in [5.41, 5.74) is -8.49. The van der Waals surface area contributed by atoms with Crippen LogP contribution in [0, 0.1) is 11.8 Å². The molecule has 4 N–H and O–H groups in total. The molecule has 0 aliphatic heterocycles. The first-order valence-electron chi connectivity index (χ1n) is 12.6. The number of nitrogens with one attached hydrogen (secondary N) is 1. The fourth-order valence-electron chi connectivity index (χ4n) is 4.50. The Hall–Kier alpha value is -3.01. The van der Waals surface area contributed by atoms with Crippen molar-refractivity contribution in [3.05, 3.63) is 69.8 Å². The minimum Gasteiger partial charge on any atom is -0.378 e. The largest absolute Gasteiger partial charge is 0.416 e. The second-order valence-electron chi connectivity index (χ2n) is 10.8. The van der Waals surface area contributed by atoms with Gasteiger partial charge in [-0.15, -0.1) is 0 Å². The van der Waals surface area contributed by atoms with Crippen LogP contribution in [0.25, 0.3) is 0 Å². The fraction of sp³-hybridized carbons (Fsp3) is 0.519. The fourth-order valence-corrected chi connectivity index (χ4v) is 4.50. The highest BCUT2D eigenvalue weighted by Crippen LogP contribution is 2.45. The SMILES string of the molecule is CC(C)C[C@H](N)C(=O)N[C@@H](C(C)C)C(O)(c1cc(C(F)(F)F)cc(C(F)(F)F)c1)c1cc(C(F)(F)F)cc(C(F)(F)F)c1. The van der Waals surface area contributed by atoms with E-state index in [0.29, 0.717) is 0 Å². The van der Waals surface area contributed by atoms with E-state index in [2.05, 4.69) is 5.32 Å². The number of amides is 1. The highest BCUT2D eigenvalue weighted by molar-refractivity contribution is 5.82. The Bertz CT molecular complexity index is 1150. The van der Waals surface area contributed by atoms with Gasteiger partial charge in [-0.25, -0.2) is 0 Å². The molecule has 0 bridgehead atoms. The third-order valence-corrected chi connectivity index (χ3v) is 6.53. The van der Waals surface area contributed by atoms with E-state index in [9.17, 15) is 62.6 Å². The Morgan fingerprint density at radius 1 is 0.651 bits per heavy atom. The zero-order valence-electron chi connectivity index (χ0n) is 22.9. The predicted molar refractivity (Wildman–Crippen MR) is 130 cm³/mol. The van der Waals surface area contributed by atoms with E-state index < -0.39 is 87.6 Å². The number of nitrogens with two attached hydrogens (primary N) is 1. The average Bonchev–Trinajstić information content (AvgIpc) is 2.83. The zero-order valence-corrected chi connectivity index (χ0v) is 22.9. The van der Waals surface area contributed by atoms with Crippen molar-refractivity contribution in [1.82, 2.24) is 5.32 Å². The number of carbonyl (C=O) groups is 1. The maximum Gasteiger partial charge on any atom is 0.416 e. The first-order valence-corrected chi connectivity index (χ1v) is 12.6. The smallest absolute Gasteiger partial charge is 0.378 e. The van der Waals surface area contributed by atoms with Crippen LogP contribution < -0.4 is 11.1 Å². The van der Waals surface area contributed by atoms with Gasteiger partial charge in [0.05, 0.1) is 34.3 Å². The van der Waals surface area contributed by atoms with Crippen molar-refractivity contribution < 1.29 is 62.6 Å². The number of carbonyl (C=O) groups excluding carboxylic acids is 1. The van der Waals surface area contributed by atoms with E-state index in [4.69, 9.17) is 5.73 Å². The number of halogens is 12. The molecule has 0 saturated carbocycles. The van der Waals surface area contributed by atoms with Gasteiger partial charge in [-0.05, 0) is 65.8 Å². The summed E-state index contributed by atoms with van der Waals surface area (Å²) in [7, 11) is 0. The van der Waals surface area contributed by atoms with E-state index in [-0.39, 0.29) is 48.7 Å². The Morgan fingerprint density at radius 3 is 1.16 bits per heavy atom. The minimum absolute atomic E-state index is 0.0152. The number of alkyl halides is 12. The summed E-state index contributed by atoms with van der Waals surface area (Å²) in [6.07, 6.45) is -22.0. The molecule has 0 aromatic heterocycles. The van der Waals surface area contributed by atoms with Gasteiger partial charge in [-0.1, -0.05) is 27.7 Å². The van der Waals surface area contributed by atoms with Gasteiger partial charge in [-0.3, -0.25) is 4.79 Å². The molecule has 0 aliphatic carbocycles. The molecule has 2 aromatic carbocycles. The van der Waals surface area contributed by atoms with Crippen molar-refractivity contribution in [2.75, 3.05) is 0 Å². The van der Waals surface area contributed by atoms with Crippen LogP contribution in [-0.4, -0.2) is 23.1 Å². The van der Waals surface area contributed by atoms with Crippen molar-refractivity contribution in [1.29, 1.82) is 0 Å². The monoisotopic (exact) mass is 640 g/mol. The number of hydrogen-bond acceptors (Lipinski definition) is 3. The van der Waals surface area contributed by atoms with Gasteiger partial charge in [0.15, 0.2) is 0 Å². The van der Waals surface area contributed by atoms with Gasteiger partial charge in [0, 0.05) is 0 Å². The summed E-state index contributed by atoms with van der Waals surface area (Å²) in [4.78, 5) is 12.9. The molecule has 242 valence electrons. The molecule has 0 heterocycles. The molecule has 2 atom stereocenters. The van der Waals surface area contributed by atoms with Crippen LogP contribution in [0.4, 0.5) is 52.7 Å². The molecule has 0 saturated heterocycles.